The molecule has 1 N–H and O–H groups in total. The molecule has 0 atom stereocenters. The highest BCUT2D eigenvalue weighted by atomic mass is 32.1. The first-order chi connectivity index (χ1) is 15.5. The smallest absolute Gasteiger partial charge is 0.227 e. The van der Waals surface area contributed by atoms with Gasteiger partial charge in [0.2, 0.25) is 5.91 Å². The van der Waals surface area contributed by atoms with Gasteiger partial charge in [-0.05, 0) is 54.8 Å². The number of thiophene rings is 1. The quantitative estimate of drug-likeness (QED) is 0.511. The second-order valence-corrected chi connectivity index (χ2v) is 9.32. The van der Waals surface area contributed by atoms with Crippen molar-refractivity contribution in [2.75, 3.05) is 23.3 Å². The molecule has 0 spiro atoms. The lowest BCUT2D eigenvalue weighted by atomic mass is 9.95. The predicted molar refractivity (Wildman–Crippen MR) is 125 cm³/mol. The zero-order valence-corrected chi connectivity index (χ0v) is 19.1. The molecule has 0 radical (unpaired) electrons. The van der Waals surface area contributed by atoms with E-state index in [9.17, 15) is 4.79 Å². The third-order valence-corrected chi connectivity index (χ3v) is 7.23. The number of hydrogen-bond acceptors (Lipinski definition) is 8. The minimum atomic E-state index is -0.0333. The van der Waals surface area contributed by atoms with Gasteiger partial charge in [-0.3, -0.25) is 4.79 Å². The summed E-state index contributed by atoms with van der Waals surface area (Å²) in [7, 11) is 1.79. The molecule has 10 heteroatoms. The van der Waals surface area contributed by atoms with Crippen LogP contribution < -0.4 is 10.2 Å². The predicted octanol–water partition coefficient (Wildman–Crippen LogP) is 3.35. The fourth-order valence-electron chi connectivity index (χ4n) is 4.21. The van der Waals surface area contributed by atoms with Crippen molar-refractivity contribution in [2.45, 2.75) is 26.7 Å². The minimum Gasteiger partial charge on any atom is -0.356 e. The van der Waals surface area contributed by atoms with E-state index in [0.717, 1.165) is 53.2 Å². The number of hydrogen-bond donors (Lipinski definition) is 1. The zero-order chi connectivity index (χ0) is 22.2. The summed E-state index contributed by atoms with van der Waals surface area (Å²) in [4.78, 5) is 26.6. The van der Waals surface area contributed by atoms with E-state index in [4.69, 9.17) is 0 Å². The third-order valence-electron chi connectivity index (χ3n) is 6.12. The first-order valence-corrected chi connectivity index (χ1v) is 11.4. The Kier molecular flexibility index (Phi) is 5.30. The second-order valence-electron chi connectivity index (χ2n) is 8.12. The minimum absolute atomic E-state index is 0.0333. The van der Waals surface area contributed by atoms with Gasteiger partial charge in [0.15, 0.2) is 5.82 Å². The maximum atomic E-state index is 12.9. The van der Waals surface area contributed by atoms with Gasteiger partial charge in [-0.15, -0.1) is 16.4 Å². The summed E-state index contributed by atoms with van der Waals surface area (Å²) in [5, 5.41) is 15.8. The third kappa shape index (κ3) is 3.70. The molecule has 9 nitrogen and oxygen atoms in total. The van der Waals surface area contributed by atoms with E-state index in [1.165, 1.54) is 10.4 Å². The number of nitrogens with zero attached hydrogens (tertiary/aromatic N) is 7. The molecule has 4 heterocycles. The molecular weight excluding hydrogens is 424 g/mol. The van der Waals surface area contributed by atoms with E-state index in [1.54, 1.807) is 29.4 Å². The Morgan fingerprint density at radius 2 is 2.00 bits per heavy atom. The number of piperidine rings is 1. The van der Waals surface area contributed by atoms with Crippen molar-refractivity contribution >= 4 is 39.0 Å². The molecule has 3 aromatic heterocycles. The van der Waals surface area contributed by atoms with Crippen molar-refractivity contribution in [3.05, 3.63) is 41.0 Å². The Labute approximate surface area is 189 Å². The number of fused-ring (bicyclic) bond motifs is 1. The average Bonchev–Trinajstić information content (AvgIpc) is 3.36. The lowest BCUT2D eigenvalue weighted by Crippen LogP contribution is -2.38. The van der Waals surface area contributed by atoms with E-state index in [2.05, 4.69) is 49.6 Å². The molecule has 1 amide bonds. The van der Waals surface area contributed by atoms with Crippen molar-refractivity contribution in [1.82, 2.24) is 30.2 Å². The van der Waals surface area contributed by atoms with Crippen molar-refractivity contribution in [1.29, 1.82) is 0 Å². The molecule has 0 bridgehead atoms. The van der Waals surface area contributed by atoms with Gasteiger partial charge in [0.1, 0.15) is 17.0 Å². The second kappa shape index (κ2) is 8.27. The Morgan fingerprint density at radius 1 is 1.19 bits per heavy atom. The molecule has 0 saturated carbocycles. The average molecular weight is 449 g/mol. The SMILES string of the molecule is Cc1sc2ncnc(N3CCC(C(=O)Nc4cccc(-c5nnnn5C)c4)CC3)c2c1C. The molecule has 1 aromatic carbocycles. The Morgan fingerprint density at radius 3 is 2.75 bits per heavy atom. The summed E-state index contributed by atoms with van der Waals surface area (Å²) in [5.41, 5.74) is 2.86. The molecule has 4 aromatic rings. The van der Waals surface area contributed by atoms with Crippen LogP contribution in [0.2, 0.25) is 0 Å². The maximum Gasteiger partial charge on any atom is 0.227 e. The van der Waals surface area contributed by atoms with Crippen LogP contribution in [0, 0.1) is 19.8 Å². The molecular formula is C22H24N8OS. The van der Waals surface area contributed by atoms with Gasteiger partial charge in [-0.2, -0.15) is 0 Å². The van der Waals surface area contributed by atoms with Crippen LogP contribution in [0.3, 0.4) is 0 Å². The summed E-state index contributed by atoms with van der Waals surface area (Å²) in [5.74, 6) is 1.66. The molecule has 5 rings (SSSR count). The van der Waals surface area contributed by atoms with Gasteiger partial charge in [0.05, 0.1) is 5.39 Å². The van der Waals surface area contributed by atoms with E-state index >= 15 is 0 Å². The number of tetrazole rings is 1. The molecule has 1 fully saturated rings. The van der Waals surface area contributed by atoms with Crippen LogP contribution in [0.1, 0.15) is 23.3 Å². The van der Waals surface area contributed by atoms with E-state index in [-0.39, 0.29) is 11.8 Å². The highest BCUT2D eigenvalue weighted by Crippen LogP contribution is 2.35. The van der Waals surface area contributed by atoms with Crippen LogP contribution in [0.25, 0.3) is 21.6 Å². The number of carbonyl (C=O) groups is 1. The standard InChI is InChI=1S/C22H24N8OS/c1-13-14(2)32-22-18(13)20(23-12-24-22)30-9-7-15(8-10-30)21(31)25-17-6-4-5-16(11-17)19-26-27-28-29(19)3/h4-6,11-12,15H,7-10H2,1-3H3,(H,25,31). The van der Waals surface area contributed by atoms with Gasteiger partial charge >= 0.3 is 0 Å². The molecule has 1 aliphatic rings. The topological polar surface area (TPSA) is 102 Å². The highest BCUT2D eigenvalue weighted by molar-refractivity contribution is 7.18. The normalized spacial score (nSPS) is 14.8. The first-order valence-electron chi connectivity index (χ1n) is 10.6. The molecule has 0 aliphatic carbocycles. The van der Waals surface area contributed by atoms with Crippen molar-refractivity contribution in [3.8, 4) is 11.4 Å². The Bertz CT molecular complexity index is 1290. The summed E-state index contributed by atoms with van der Waals surface area (Å²) in [6.07, 6.45) is 3.21. The molecule has 1 saturated heterocycles. The monoisotopic (exact) mass is 448 g/mol. The summed E-state index contributed by atoms with van der Waals surface area (Å²) >= 11 is 1.71. The fraction of sp³-hybridized carbons (Fsp3) is 0.364. The highest BCUT2D eigenvalue weighted by Gasteiger charge is 2.27. The van der Waals surface area contributed by atoms with Crippen LogP contribution in [-0.4, -0.2) is 49.2 Å². The first kappa shape index (κ1) is 20.5. The van der Waals surface area contributed by atoms with Gasteiger partial charge in [-0.25, -0.2) is 14.6 Å². The zero-order valence-electron chi connectivity index (χ0n) is 18.2. The summed E-state index contributed by atoms with van der Waals surface area (Å²) in [6, 6.07) is 7.61. The van der Waals surface area contributed by atoms with Gasteiger partial charge in [0.25, 0.3) is 0 Å². The molecule has 32 heavy (non-hydrogen) atoms. The summed E-state index contributed by atoms with van der Waals surface area (Å²) < 4.78 is 1.61. The van der Waals surface area contributed by atoms with Crippen LogP contribution >= 0.6 is 11.3 Å². The molecule has 1 aliphatic heterocycles. The lowest BCUT2D eigenvalue weighted by molar-refractivity contribution is -0.120. The Balaban J connectivity index is 1.26. The number of aromatic nitrogens is 6. The fourth-order valence-corrected chi connectivity index (χ4v) is 5.20. The number of amides is 1. The van der Waals surface area contributed by atoms with Crippen molar-refractivity contribution in [2.24, 2.45) is 13.0 Å². The summed E-state index contributed by atoms with van der Waals surface area (Å²) in [6.45, 7) is 5.84. The van der Waals surface area contributed by atoms with Gasteiger partial charge in [-0.1, -0.05) is 12.1 Å². The van der Waals surface area contributed by atoms with Crippen LogP contribution in [0.15, 0.2) is 30.6 Å². The number of aryl methyl sites for hydroxylation is 3. The van der Waals surface area contributed by atoms with E-state index in [0.29, 0.717) is 5.82 Å². The number of anilines is 2. The van der Waals surface area contributed by atoms with Crippen molar-refractivity contribution < 1.29 is 4.79 Å². The lowest BCUT2D eigenvalue weighted by Gasteiger charge is -2.32. The van der Waals surface area contributed by atoms with Crippen LogP contribution in [0.4, 0.5) is 11.5 Å². The number of benzene rings is 1. The Hall–Kier alpha value is -3.40. The number of nitrogens with one attached hydrogen (secondary N) is 1. The van der Waals surface area contributed by atoms with E-state index < -0.39 is 0 Å². The number of carbonyl (C=O) groups excluding carboxylic acids is 1. The van der Waals surface area contributed by atoms with E-state index in [1.807, 2.05) is 24.3 Å². The van der Waals surface area contributed by atoms with Gasteiger partial charge in [0, 0.05) is 42.2 Å². The largest absolute Gasteiger partial charge is 0.356 e. The van der Waals surface area contributed by atoms with Gasteiger partial charge < -0.3 is 10.2 Å². The molecule has 0 unspecified atom stereocenters. The van der Waals surface area contributed by atoms with Crippen LogP contribution in [-0.2, 0) is 11.8 Å². The number of rotatable bonds is 4. The molecule has 164 valence electrons. The maximum absolute atomic E-state index is 12.9. The van der Waals surface area contributed by atoms with Crippen LogP contribution in [0.5, 0.6) is 0 Å². The van der Waals surface area contributed by atoms with Crippen molar-refractivity contribution in [3.63, 3.8) is 0 Å².